The number of carboxylic acid groups (broad SMARTS) is 1. The fraction of sp³-hybridized carbons (Fsp3) is 0.286. The van der Waals surface area contributed by atoms with Crippen molar-refractivity contribution in [1.29, 1.82) is 0 Å². The van der Waals surface area contributed by atoms with Crippen LogP contribution in [-0.4, -0.2) is 42.7 Å². The van der Waals surface area contributed by atoms with Gasteiger partial charge in [-0.1, -0.05) is 37.3 Å². The van der Waals surface area contributed by atoms with E-state index in [1.807, 2.05) is 12.1 Å². The lowest BCUT2D eigenvalue weighted by Crippen LogP contribution is -2.29. The van der Waals surface area contributed by atoms with E-state index >= 15 is 0 Å². The molecule has 33 heavy (non-hydrogen) atoms. The SMILES string of the molecule is CCN(C)Cc1ccc2c(-c3ccccc3C(=O)O)c3ccc(=[N+](CC)CC)cc-3oc2c1. The molecule has 0 aromatic heterocycles. The van der Waals surface area contributed by atoms with Crippen LogP contribution in [-0.2, 0) is 6.54 Å². The van der Waals surface area contributed by atoms with Crippen LogP contribution >= 0.6 is 0 Å². The molecule has 0 radical (unpaired) electrons. The van der Waals surface area contributed by atoms with Crippen LogP contribution in [0.5, 0.6) is 0 Å². The van der Waals surface area contributed by atoms with Gasteiger partial charge in [0.25, 0.3) is 0 Å². The Balaban J connectivity index is 2.09. The van der Waals surface area contributed by atoms with Crippen molar-refractivity contribution in [1.82, 2.24) is 9.48 Å². The summed E-state index contributed by atoms with van der Waals surface area (Å²) < 4.78 is 8.73. The molecule has 0 saturated carbocycles. The van der Waals surface area contributed by atoms with Gasteiger partial charge in [0, 0.05) is 29.1 Å². The first-order valence-electron chi connectivity index (χ1n) is 11.6. The number of fused-ring (bicyclic) bond motifs is 2. The van der Waals surface area contributed by atoms with E-state index in [4.69, 9.17) is 4.42 Å². The molecule has 0 amide bonds. The van der Waals surface area contributed by atoms with Gasteiger partial charge in [0.1, 0.15) is 24.4 Å². The summed E-state index contributed by atoms with van der Waals surface area (Å²) in [7, 11) is 2.09. The van der Waals surface area contributed by atoms with Crippen molar-refractivity contribution in [3.8, 4) is 22.5 Å². The third-order valence-electron chi connectivity index (χ3n) is 6.32. The molecule has 2 aromatic rings. The molecule has 1 aliphatic heterocycles. The molecular weight excluding hydrogens is 412 g/mol. The molecule has 2 aliphatic rings. The van der Waals surface area contributed by atoms with Gasteiger partial charge in [0.2, 0.25) is 5.36 Å². The van der Waals surface area contributed by atoms with Crippen LogP contribution in [0.15, 0.2) is 65.1 Å². The molecule has 1 N–H and O–H groups in total. The first-order valence-corrected chi connectivity index (χ1v) is 11.6. The van der Waals surface area contributed by atoms with E-state index < -0.39 is 5.97 Å². The summed E-state index contributed by atoms with van der Waals surface area (Å²) in [4.78, 5) is 14.3. The smallest absolute Gasteiger partial charge is 0.336 e. The first-order chi connectivity index (χ1) is 16.0. The van der Waals surface area contributed by atoms with Gasteiger partial charge in [0.05, 0.1) is 11.6 Å². The van der Waals surface area contributed by atoms with Gasteiger partial charge in [0.15, 0.2) is 0 Å². The second-order valence-corrected chi connectivity index (χ2v) is 8.34. The highest BCUT2D eigenvalue weighted by atomic mass is 16.4. The first kappa shape index (κ1) is 22.7. The van der Waals surface area contributed by atoms with Crippen molar-refractivity contribution in [2.75, 3.05) is 26.7 Å². The lowest BCUT2D eigenvalue weighted by atomic mass is 9.90. The molecule has 0 fully saturated rings. The molecule has 5 nitrogen and oxygen atoms in total. The molecule has 4 rings (SSSR count). The second kappa shape index (κ2) is 9.59. The van der Waals surface area contributed by atoms with Crippen molar-refractivity contribution in [2.24, 2.45) is 0 Å². The van der Waals surface area contributed by atoms with Crippen molar-refractivity contribution in [3.05, 3.63) is 77.1 Å². The lowest BCUT2D eigenvalue weighted by molar-refractivity contribution is 0.0697. The predicted octanol–water partition coefficient (Wildman–Crippen LogP) is 5.17. The predicted molar refractivity (Wildman–Crippen MR) is 134 cm³/mol. The third-order valence-corrected chi connectivity index (χ3v) is 6.32. The Hall–Kier alpha value is -3.44. The highest BCUT2D eigenvalue weighted by Crippen LogP contribution is 2.41. The van der Waals surface area contributed by atoms with Crippen LogP contribution in [0.2, 0.25) is 0 Å². The van der Waals surface area contributed by atoms with Crippen molar-refractivity contribution in [2.45, 2.75) is 27.3 Å². The number of hydrogen-bond donors (Lipinski definition) is 1. The fourth-order valence-corrected chi connectivity index (χ4v) is 4.41. The molecule has 0 saturated heterocycles. The lowest BCUT2D eigenvalue weighted by Gasteiger charge is -2.18. The molecule has 2 aromatic carbocycles. The van der Waals surface area contributed by atoms with Gasteiger partial charge in [-0.3, -0.25) is 0 Å². The van der Waals surface area contributed by atoms with Crippen LogP contribution in [0, 0.1) is 0 Å². The Bertz CT molecular complexity index is 1350. The molecular formula is C28H31N2O3+. The largest absolute Gasteiger partial charge is 0.478 e. The van der Waals surface area contributed by atoms with Gasteiger partial charge < -0.3 is 14.4 Å². The zero-order valence-corrected chi connectivity index (χ0v) is 19.8. The molecule has 1 aliphatic carbocycles. The molecule has 1 heterocycles. The highest BCUT2D eigenvalue weighted by Gasteiger charge is 2.22. The minimum Gasteiger partial charge on any atom is -0.478 e. The quantitative estimate of drug-likeness (QED) is 0.316. The van der Waals surface area contributed by atoms with Crippen LogP contribution < -0.4 is 9.93 Å². The minimum atomic E-state index is -0.936. The van der Waals surface area contributed by atoms with Crippen LogP contribution in [0.25, 0.3) is 33.4 Å². The summed E-state index contributed by atoms with van der Waals surface area (Å²) in [6.45, 7) is 9.98. The molecule has 0 spiro atoms. The maximum absolute atomic E-state index is 12.1. The zero-order chi connectivity index (χ0) is 23.5. The topological polar surface area (TPSA) is 56.7 Å². The Morgan fingerprint density at radius 2 is 1.73 bits per heavy atom. The maximum Gasteiger partial charge on any atom is 0.336 e. The maximum atomic E-state index is 12.1. The van der Waals surface area contributed by atoms with E-state index in [0.29, 0.717) is 5.56 Å². The van der Waals surface area contributed by atoms with Gasteiger partial charge in [-0.25, -0.2) is 9.37 Å². The fourth-order valence-electron chi connectivity index (χ4n) is 4.41. The Labute approximate surface area is 194 Å². The van der Waals surface area contributed by atoms with Gasteiger partial charge in [-0.2, -0.15) is 0 Å². The number of rotatable bonds is 7. The van der Waals surface area contributed by atoms with Gasteiger partial charge >= 0.3 is 5.97 Å². The van der Waals surface area contributed by atoms with Crippen molar-refractivity contribution < 1.29 is 14.3 Å². The number of aromatic carboxylic acids is 1. The number of nitrogens with zero attached hydrogens (tertiary/aromatic N) is 2. The van der Waals surface area contributed by atoms with Crippen LogP contribution in [0.4, 0.5) is 0 Å². The van der Waals surface area contributed by atoms with Crippen LogP contribution in [0.1, 0.15) is 36.7 Å². The molecule has 170 valence electrons. The summed E-state index contributed by atoms with van der Waals surface area (Å²) in [5, 5.41) is 11.9. The summed E-state index contributed by atoms with van der Waals surface area (Å²) in [5.74, 6) is -0.184. The Morgan fingerprint density at radius 3 is 2.42 bits per heavy atom. The Morgan fingerprint density at radius 1 is 0.970 bits per heavy atom. The average Bonchev–Trinajstić information content (AvgIpc) is 2.83. The van der Waals surface area contributed by atoms with Crippen molar-refractivity contribution >= 4 is 16.9 Å². The van der Waals surface area contributed by atoms with E-state index in [9.17, 15) is 9.90 Å². The number of carbonyl (C=O) groups is 1. The number of benzene rings is 3. The minimum absolute atomic E-state index is 0.286. The normalized spacial score (nSPS) is 11.4. The van der Waals surface area contributed by atoms with Gasteiger partial charge in [-0.15, -0.1) is 0 Å². The van der Waals surface area contributed by atoms with Crippen LogP contribution in [0.3, 0.4) is 0 Å². The van der Waals surface area contributed by atoms with E-state index in [-0.39, 0.29) is 5.56 Å². The number of carboxylic acids is 1. The van der Waals surface area contributed by atoms with Crippen molar-refractivity contribution in [3.63, 3.8) is 0 Å². The molecule has 0 bridgehead atoms. The monoisotopic (exact) mass is 443 g/mol. The molecule has 0 atom stereocenters. The average molecular weight is 444 g/mol. The molecule has 5 heteroatoms. The zero-order valence-electron chi connectivity index (χ0n) is 19.8. The summed E-state index contributed by atoms with van der Waals surface area (Å²) in [6.07, 6.45) is 0. The van der Waals surface area contributed by atoms with E-state index in [1.165, 1.54) is 0 Å². The van der Waals surface area contributed by atoms with E-state index in [2.05, 4.69) is 73.7 Å². The standard InChI is InChI=1S/C28H30N2O3/c1-5-29(4)18-19-12-14-23-25(16-19)33-26-17-20(30(6-2)7-3)13-15-24(26)27(23)21-10-8-9-11-22(21)28(31)32/h8-17H,5-7,18H2,1-4H3/p+1. The highest BCUT2D eigenvalue weighted by molar-refractivity contribution is 6.07. The van der Waals surface area contributed by atoms with E-state index in [0.717, 1.165) is 65.0 Å². The third kappa shape index (κ3) is 4.41. The number of hydrogen-bond acceptors (Lipinski definition) is 3. The summed E-state index contributed by atoms with van der Waals surface area (Å²) >= 11 is 0. The summed E-state index contributed by atoms with van der Waals surface area (Å²) in [5.41, 5.74) is 4.71. The van der Waals surface area contributed by atoms with E-state index in [1.54, 1.807) is 12.1 Å². The van der Waals surface area contributed by atoms with Gasteiger partial charge in [-0.05, 0) is 56.8 Å². The molecule has 0 unspecified atom stereocenters. The summed E-state index contributed by atoms with van der Waals surface area (Å²) in [6, 6.07) is 19.7. The second-order valence-electron chi connectivity index (χ2n) is 8.34. The Kier molecular flexibility index (Phi) is 6.61.